The van der Waals surface area contributed by atoms with Crippen molar-refractivity contribution in [3.63, 3.8) is 0 Å². The number of rotatable bonds is 12. The number of hydrogen-bond donors (Lipinski definition) is 3. The van der Waals surface area contributed by atoms with E-state index in [0.29, 0.717) is 32.5 Å². The number of piperidine rings is 1. The number of carbonyl (C=O) groups excluding carboxylic acids is 4. The fraction of sp³-hybridized carbons (Fsp3) is 0.320. The highest BCUT2D eigenvalue weighted by molar-refractivity contribution is 6.06. The quantitative estimate of drug-likeness (QED) is 0.121. The maximum absolute atomic E-state index is 13.4. The number of benzene rings is 5. The molecule has 0 aliphatic carbocycles. The van der Waals surface area contributed by atoms with E-state index in [9.17, 15) is 24.3 Å². The van der Waals surface area contributed by atoms with E-state index in [-0.39, 0.29) is 50.2 Å². The standard InChI is InChI=1S/C50H51N5O8/c56-31-34-15-17-37(18-16-34)44-27-41(30-53-25-23-50(24-26-53)48(59)51-33-55(50)40-12-5-2-6-13-40)62-47(63-44)38-21-19-36(20-22-38)42-14-8-7-11-39(42)29-54-45(57)28-43(46(54)58)52-49(60)61-32-35-9-3-1-4-10-35/h1-22,41,43-44,47,56H,23-33H2,(H,51,59)(H,52,60). The summed E-state index contributed by atoms with van der Waals surface area (Å²) < 4.78 is 18.7. The number of aliphatic hydroxyl groups is 1. The number of hydrogen-bond acceptors (Lipinski definition) is 10. The van der Waals surface area contributed by atoms with Crippen molar-refractivity contribution in [3.05, 3.63) is 161 Å². The van der Waals surface area contributed by atoms with Gasteiger partial charge in [-0.3, -0.25) is 19.3 Å². The summed E-state index contributed by atoms with van der Waals surface area (Å²) in [6.07, 6.45) is 0.0588. The number of para-hydroxylation sites is 1. The van der Waals surface area contributed by atoms with E-state index in [0.717, 1.165) is 57.7 Å². The normalized spacial score (nSPS) is 22.3. The lowest BCUT2D eigenvalue weighted by Gasteiger charge is -2.45. The topological polar surface area (TPSA) is 150 Å². The number of ether oxygens (including phenoxy) is 3. The largest absolute Gasteiger partial charge is 0.445 e. The Balaban J connectivity index is 0.872. The van der Waals surface area contributed by atoms with Gasteiger partial charge in [0.25, 0.3) is 5.91 Å². The summed E-state index contributed by atoms with van der Waals surface area (Å²) >= 11 is 0. The second kappa shape index (κ2) is 18.5. The van der Waals surface area contributed by atoms with Crippen molar-refractivity contribution in [1.82, 2.24) is 20.4 Å². The summed E-state index contributed by atoms with van der Waals surface area (Å²) in [6.45, 7) is 2.73. The Labute approximate surface area is 366 Å². The molecule has 0 radical (unpaired) electrons. The fourth-order valence-electron chi connectivity index (χ4n) is 9.26. The summed E-state index contributed by atoms with van der Waals surface area (Å²) in [5, 5.41) is 15.4. The van der Waals surface area contributed by atoms with E-state index in [4.69, 9.17) is 14.2 Å². The number of imide groups is 1. The second-order valence-electron chi connectivity index (χ2n) is 16.7. The number of likely N-dealkylation sites (tertiary alicyclic amines) is 2. The monoisotopic (exact) mass is 849 g/mol. The van der Waals surface area contributed by atoms with E-state index in [1.165, 1.54) is 4.90 Å². The minimum absolute atomic E-state index is 0.0415. The molecule has 13 nitrogen and oxygen atoms in total. The van der Waals surface area contributed by atoms with Gasteiger partial charge in [0.05, 0.1) is 38.4 Å². The SMILES string of the molecule is O=C(NC1CC(=O)N(Cc2ccccc2-c2ccc(C3OC(CN4CCC5(CC4)C(=O)NCN5c4ccccc4)CC(c4ccc(CO)cc4)O3)cc2)C1=O)OCc1ccccc1. The van der Waals surface area contributed by atoms with Gasteiger partial charge < -0.3 is 39.8 Å². The van der Waals surface area contributed by atoms with Crippen molar-refractivity contribution in [1.29, 1.82) is 0 Å². The molecule has 5 aromatic rings. The van der Waals surface area contributed by atoms with Gasteiger partial charge in [-0.1, -0.05) is 121 Å². The molecule has 1 spiro atoms. The van der Waals surface area contributed by atoms with Crippen LogP contribution in [0, 0.1) is 0 Å². The third-order valence-corrected chi connectivity index (χ3v) is 12.8. The van der Waals surface area contributed by atoms with E-state index >= 15 is 0 Å². The Hall–Kier alpha value is -6.38. The Morgan fingerprint density at radius 3 is 2.21 bits per heavy atom. The average molecular weight is 850 g/mol. The van der Waals surface area contributed by atoms with Crippen LogP contribution in [-0.2, 0) is 48.4 Å². The molecule has 0 aromatic heterocycles. The van der Waals surface area contributed by atoms with Gasteiger partial charge in [0, 0.05) is 37.3 Å². The van der Waals surface area contributed by atoms with Gasteiger partial charge in [0.1, 0.15) is 18.2 Å². The zero-order valence-corrected chi connectivity index (χ0v) is 34.9. The molecule has 3 N–H and O–H groups in total. The highest BCUT2D eigenvalue weighted by Crippen LogP contribution is 2.41. The number of nitrogens with zero attached hydrogens (tertiary/aromatic N) is 3. The van der Waals surface area contributed by atoms with Crippen LogP contribution in [0.4, 0.5) is 10.5 Å². The van der Waals surface area contributed by atoms with Crippen molar-refractivity contribution in [2.75, 3.05) is 31.2 Å². The molecule has 0 bridgehead atoms. The predicted octanol–water partition coefficient (Wildman–Crippen LogP) is 6.37. The third-order valence-electron chi connectivity index (χ3n) is 12.8. The molecule has 324 valence electrons. The number of anilines is 1. The van der Waals surface area contributed by atoms with Crippen molar-refractivity contribution < 1.29 is 38.5 Å². The summed E-state index contributed by atoms with van der Waals surface area (Å²) in [5.74, 6) is -0.767. The Bertz CT molecular complexity index is 2410. The van der Waals surface area contributed by atoms with Crippen LogP contribution in [0.15, 0.2) is 133 Å². The zero-order chi connectivity index (χ0) is 43.3. The lowest BCUT2D eigenvalue weighted by Crippen LogP contribution is -2.57. The summed E-state index contributed by atoms with van der Waals surface area (Å²) in [5.41, 5.74) is 6.47. The van der Waals surface area contributed by atoms with E-state index in [1.54, 1.807) is 0 Å². The maximum Gasteiger partial charge on any atom is 0.408 e. The molecule has 4 atom stereocenters. The molecule has 4 aliphatic heterocycles. The Morgan fingerprint density at radius 1 is 0.794 bits per heavy atom. The van der Waals surface area contributed by atoms with Crippen LogP contribution in [0.3, 0.4) is 0 Å². The molecule has 4 amide bonds. The number of amides is 4. The summed E-state index contributed by atoms with van der Waals surface area (Å²) in [7, 11) is 0. The molecule has 4 unspecified atom stereocenters. The number of aliphatic hydroxyl groups excluding tert-OH is 1. The molecule has 4 heterocycles. The number of alkyl carbamates (subject to hydrolysis) is 1. The molecule has 4 aliphatic rings. The zero-order valence-electron chi connectivity index (χ0n) is 34.9. The molecule has 9 rings (SSSR count). The Kier molecular flexibility index (Phi) is 12.3. The third kappa shape index (κ3) is 9.09. The van der Waals surface area contributed by atoms with Crippen LogP contribution in [0.25, 0.3) is 11.1 Å². The van der Waals surface area contributed by atoms with Crippen LogP contribution in [0.1, 0.15) is 65.9 Å². The van der Waals surface area contributed by atoms with Gasteiger partial charge in [-0.2, -0.15) is 0 Å². The predicted molar refractivity (Wildman–Crippen MR) is 234 cm³/mol. The molecule has 4 saturated heterocycles. The van der Waals surface area contributed by atoms with Gasteiger partial charge >= 0.3 is 6.09 Å². The van der Waals surface area contributed by atoms with Crippen molar-refractivity contribution in [3.8, 4) is 11.1 Å². The van der Waals surface area contributed by atoms with E-state index in [1.807, 2.05) is 121 Å². The smallest absolute Gasteiger partial charge is 0.408 e. The average Bonchev–Trinajstić information content (AvgIpc) is 3.78. The first-order valence-electron chi connectivity index (χ1n) is 21.6. The fourth-order valence-corrected chi connectivity index (χ4v) is 9.26. The molecule has 5 aromatic carbocycles. The molecular formula is C50H51N5O8. The lowest BCUT2D eigenvalue weighted by atomic mass is 9.85. The van der Waals surface area contributed by atoms with Crippen LogP contribution in [-0.4, -0.2) is 82.7 Å². The van der Waals surface area contributed by atoms with Crippen LogP contribution < -0.4 is 15.5 Å². The number of nitrogens with one attached hydrogen (secondary N) is 2. The highest BCUT2D eigenvalue weighted by atomic mass is 16.7. The molecule has 13 heteroatoms. The van der Waals surface area contributed by atoms with Crippen molar-refractivity contribution >= 4 is 29.5 Å². The lowest BCUT2D eigenvalue weighted by molar-refractivity contribution is -0.253. The van der Waals surface area contributed by atoms with Gasteiger partial charge in [0.2, 0.25) is 11.8 Å². The van der Waals surface area contributed by atoms with E-state index < -0.39 is 29.9 Å². The van der Waals surface area contributed by atoms with Crippen LogP contribution >= 0.6 is 0 Å². The summed E-state index contributed by atoms with van der Waals surface area (Å²) in [4.78, 5) is 58.2. The Morgan fingerprint density at radius 2 is 1.48 bits per heavy atom. The molecule has 4 fully saturated rings. The first-order chi connectivity index (χ1) is 30.8. The minimum atomic E-state index is -1.01. The van der Waals surface area contributed by atoms with Gasteiger partial charge in [-0.15, -0.1) is 0 Å². The van der Waals surface area contributed by atoms with Crippen LogP contribution in [0.2, 0.25) is 0 Å². The first-order valence-corrected chi connectivity index (χ1v) is 21.6. The molecule has 63 heavy (non-hydrogen) atoms. The second-order valence-corrected chi connectivity index (χ2v) is 16.7. The molecular weight excluding hydrogens is 799 g/mol. The van der Waals surface area contributed by atoms with Gasteiger partial charge in [-0.05, 0) is 58.4 Å². The van der Waals surface area contributed by atoms with Gasteiger partial charge in [-0.25, -0.2) is 4.79 Å². The number of carbonyl (C=O) groups is 4. The molecule has 0 saturated carbocycles. The van der Waals surface area contributed by atoms with Crippen LogP contribution in [0.5, 0.6) is 0 Å². The van der Waals surface area contributed by atoms with E-state index in [2.05, 4.69) is 32.6 Å². The summed E-state index contributed by atoms with van der Waals surface area (Å²) in [6, 6.07) is 41.8. The minimum Gasteiger partial charge on any atom is -0.445 e. The maximum atomic E-state index is 13.4. The first kappa shape index (κ1) is 41.9. The van der Waals surface area contributed by atoms with Crippen molar-refractivity contribution in [2.24, 2.45) is 0 Å². The van der Waals surface area contributed by atoms with Gasteiger partial charge in [0.15, 0.2) is 6.29 Å². The highest BCUT2D eigenvalue weighted by Gasteiger charge is 2.50. The van der Waals surface area contributed by atoms with Crippen molar-refractivity contribution in [2.45, 2.75) is 75.5 Å².